The van der Waals surface area contributed by atoms with Gasteiger partial charge in [0, 0.05) is 18.5 Å². The lowest BCUT2D eigenvalue weighted by Gasteiger charge is -2.12. The quantitative estimate of drug-likeness (QED) is 0.792. The SMILES string of the molecule is O=C(NCC[C@H]1CCCN1)C1C2C3CCC(C3)C12. The molecule has 3 heteroatoms. The van der Waals surface area contributed by atoms with E-state index < -0.39 is 0 Å². The van der Waals surface area contributed by atoms with Gasteiger partial charge in [0.1, 0.15) is 0 Å². The Morgan fingerprint density at radius 3 is 2.61 bits per heavy atom. The fraction of sp³-hybridized carbons (Fsp3) is 0.933. The first-order valence-corrected chi connectivity index (χ1v) is 7.85. The number of hydrogen-bond acceptors (Lipinski definition) is 2. The van der Waals surface area contributed by atoms with Crippen LogP contribution in [0, 0.1) is 29.6 Å². The average molecular weight is 248 g/mol. The van der Waals surface area contributed by atoms with E-state index >= 15 is 0 Å². The summed E-state index contributed by atoms with van der Waals surface area (Å²) >= 11 is 0. The third-order valence-electron chi connectivity index (χ3n) is 5.99. The van der Waals surface area contributed by atoms with Crippen molar-refractivity contribution in [2.75, 3.05) is 13.1 Å². The molecule has 0 aromatic heterocycles. The Balaban J connectivity index is 1.23. The largest absolute Gasteiger partial charge is 0.356 e. The van der Waals surface area contributed by atoms with E-state index in [2.05, 4.69) is 10.6 Å². The first-order valence-electron chi connectivity index (χ1n) is 7.85. The molecule has 4 unspecified atom stereocenters. The van der Waals surface area contributed by atoms with Crippen LogP contribution in [-0.2, 0) is 4.79 Å². The highest BCUT2D eigenvalue weighted by Gasteiger charge is 2.67. The Morgan fingerprint density at radius 1 is 1.17 bits per heavy atom. The molecule has 1 aliphatic heterocycles. The zero-order valence-corrected chi connectivity index (χ0v) is 11.0. The lowest BCUT2D eigenvalue weighted by atomic mass is 10.0. The van der Waals surface area contributed by atoms with Crippen LogP contribution in [0.15, 0.2) is 0 Å². The molecule has 0 aromatic carbocycles. The van der Waals surface area contributed by atoms with Crippen molar-refractivity contribution in [3.8, 4) is 0 Å². The Morgan fingerprint density at radius 2 is 1.94 bits per heavy atom. The maximum atomic E-state index is 12.2. The molecule has 2 N–H and O–H groups in total. The van der Waals surface area contributed by atoms with Crippen molar-refractivity contribution < 1.29 is 4.79 Å². The second-order valence-electron chi connectivity index (χ2n) is 6.89. The molecule has 100 valence electrons. The third kappa shape index (κ3) is 1.70. The number of fused-ring (bicyclic) bond motifs is 5. The normalized spacial score (nSPS) is 48.2. The zero-order chi connectivity index (χ0) is 12.1. The topological polar surface area (TPSA) is 41.1 Å². The van der Waals surface area contributed by atoms with Gasteiger partial charge in [-0.2, -0.15) is 0 Å². The minimum absolute atomic E-state index is 0.375. The number of hydrogen-bond donors (Lipinski definition) is 2. The van der Waals surface area contributed by atoms with E-state index in [9.17, 15) is 4.79 Å². The molecule has 1 heterocycles. The Bertz CT molecular complexity index is 334. The summed E-state index contributed by atoms with van der Waals surface area (Å²) < 4.78 is 0. The molecule has 3 saturated carbocycles. The Hall–Kier alpha value is -0.570. The van der Waals surface area contributed by atoms with Crippen LogP contribution in [-0.4, -0.2) is 25.0 Å². The maximum Gasteiger partial charge on any atom is 0.223 e. The summed E-state index contributed by atoms with van der Waals surface area (Å²) in [4.78, 5) is 12.2. The molecule has 4 fully saturated rings. The van der Waals surface area contributed by atoms with Crippen molar-refractivity contribution in [1.29, 1.82) is 0 Å². The zero-order valence-electron chi connectivity index (χ0n) is 11.0. The van der Waals surface area contributed by atoms with Gasteiger partial charge < -0.3 is 10.6 Å². The van der Waals surface area contributed by atoms with Crippen LogP contribution in [0.5, 0.6) is 0 Å². The van der Waals surface area contributed by atoms with Gasteiger partial charge in [0.05, 0.1) is 0 Å². The summed E-state index contributed by atoms with van der Waals surface area (Å²) in [5.41, 5.74) is 0. The van der Waals surface area contributed by atoms with Crippen LogP contribution >= 0.6 is 0 Å². The summed E-state index contributed by atoms with van der Waals surface area (Å²) in [6.45, 7) is 2.04. The fourth-order valence-corrected chi connectivity index (χ4v) is 5.17. The smallest absolute Gasteiger partial charge is 0.223 e. The van der Waals surface area contributed by atoms with Gasteiger partial charge in [-0.25, -0.2) is 0 Å². The lowest BCUT2D eigenvalue weighted by molar-refractivity contribution is -0.123. The van der Waals surface area contributed by atoms with E-state index in [1.165, 1.54) is 32.1 Å². The van der Waals surface area contributed by atoms with Crippen molar-refractivity contribution in [2.45, 2.75) is 44.6 Å². The highest BCUT2D eigenvalue weighted by Crippen LogP contribution is 2.69. The first kappa shape index (κ1) is 11.3. The van der Waals surface area contributed by atoms with E-state index in [-0.39, 0.29) is 0 Å². The number of amides is 1. The molecular formula is C15H24N2O. The molecule has 0 aromatic rings. The highest BCUT2D eigenvalue weighted by atomic mass is 16.2. The maximum absolute atomic E-state index is 12.2. The van der Waals surface area contributed by atoms with Crippen LogP contribution in [0.25, 0.3) is 0 Å². The van der Waals surface area contributed by atoms with E-state index in [4.69, 9.17) is 0 Å². The van der Waals surface area contributed by atoms with Crippen molar-refractivity contribution in [1.82, 2.24) is 10.6 Å². The summed E-state index contributed by atoms with van der Waals surface area (Å²) in [7, 11) is 0. The molecule has 2 bridgehead atoms. The fourth-order valence-electron chi connectivity index (χ4n) is 5.17. The van der Waals surface area contributed by atoms with Gasteiger partial charge in [-0.1, -0.05) is 0 Å². The van der Waals surface area contributed by atoms with Crippen LogP contribution in [0.1, 0.15) is 38.5 Å². The summed E-state index contributed by atoms with van der Waals surface area (Å²) in [5, 5.41) is 6.68. The minimum atomic E-state index is 0.375. The third-order valence-corrected chi connectivity index (χ3v) is 5.99. The molecule has 1 saturated heterocycles. The van der Waals surface area contributed by atoms with Gasteiger partial charge in [-0.15, -0.1) is 0 Å². The molecule has 4 rings (SSSR count). The van der Waals surface area contributed by atoms with Crippen LogP contribution in [0.2, 0.25) is 0 Å². The molecule has 0 spiro atoms. The Labute approximate surface area is 109 Å². The molecular weight excluding hydrogens is 224 g/mol. The van der Waals surface area contributed by atoms with Crippen LogP contribution in [0.4, 0.5) is 0 Å². The highest BCUT2D eigenvalue weighted by molar-refractivity contribution is 5.82. The van der Waals surface area contributed by atoms with Gasteiger partial charge >= 0.3 is 0 Å². The molecule has 18 heavy (non-hydrogen) atoms. The number of nitrogens with one attached hydrogen (secondary N) is 2. The average Bonchev–Trinajstić information content (AvgIpc) is 2.80. The van der Waals surface area contributed by atoms with Crippen molar-refractivity contribution in [3.63, 3.8) is 0 Å². The predicted octanol–water partition coefficient (Wildman–Crippen LogP) is 1.54. The standard InChI is InChI=1S/C15H24N2O/c18-15(17-7-5-11-2-1-6-16-11)14-12-9-3-4-10(8-9)13(12)14/h9-14,16H,1-8H2,(H,17,18)/t9?,10?,11-,12?,13?,14?/m1/s1. The number of carbonyl (C=O) groups is 1. The summed E-state index contributed by atoms with van der Waals surface area (Å²) in [5.74, 6) is 4.17. The van der Waals surface area contributed by atoms with Crippen molar-refractivity contribution in [2.24, 2.45) is 29.6 Å². The molecule has 1 amide bonds. The Kier molecular flexibility index (Phi) is 2.65. The van der Waals surface area contributed by atoms with E-state index in [0.29, 0.717) is 17.9 Å². The molecule has 3 aliphatic carbocycles. The number of carbonyl (C=O) groups excluding carboxylic acids is 1. The second kappa shape index (κ2) is 4.22. The van der Waals surface area contributed by atoms with Crippen LogP contribution in [0.3, 0.4) is 0 Å². The van der Waals surface area contributed by atoms with Gasteiger partial charge in [0.25, 0.3) is 0 Å². The molecule has 3 nitrogen and oxygen atoms in total. The monoisotopic (exact) mass is 248 g/mol. The number of rotatable bonds is 4. The minimum Gasteiger partial charge on any atom is -0.356 e. The van der Waals surface area contributed by atoms with E-state index in [1.807, 2.05) is 0 Å². The van der Waals surface area contributed by atoms with Gasteiger partial charge in [-0.05, 0) is 68.7 Å². The van der Waals surface area contributed by atoms with Crippen LogP contribution < -0.4 is 10.6 Å². The van der Waals surface area contributed by atoms with E-state index in [0.717, 1.165) is 43.2 Å². The summed E-state index contributed by atoms with van der Waals surface area (Å²) in [6, 6.07) is 0.653. The lowest BCUT2D eigenvalue weighted by Crippen LogP contribution is -2.32. The summed E-state index contributed by atoms with van der Waals surface area (Å²) in [6.07, 6.45) is 7.94. The van der Waals surface area contributed by atoms with Crippen molar-refractivity contribution in [3.05, 3.63) is 0 Å². The molecule has 4 aliphatic rings. The first-order chi connectivity index (χ1) is 8.84. The van der Waals surface area contributed by atoms with Gasteiger partial charge in [-0.3, -0.25) is 4.79 Å². The molecule has 0 radical (unpaired) electrons. The van der Waals surface area contributed by atoms with Gasteiger partial charge in [0.2, 0.25) is 5.91 Å². The van der Waals surface area contributed by atoms with Crippen molar-refractivity contribution >= 4 is 5.91 Å². The molecule has 5 atom stereocenters. The predicted molar refractivity (Wildman–Crippen MR) is 70.0 cm³/mol. The van der Waals surface area contributed by atoms with E-state index in [1.54, 1.807) is 0 Å². The second-order valence-corrected chi connectivity index (χ2v) is 6.89. The van der Waals surface area contributed by atoms with Gasteiger partial charge in [0.15, 0.2) is 0 Å².